The van der Waals surface area contributed by atoms with Crippen molar-refractivity contribution in [1.29, 1.82) is 0 Å². The first-order valence-corrected chi connectivity index (χ1v) is 7.61. The Bertz CT molecular complexity index is 826. The molecule has 0 saturated carbocycles. The van der Waals surface area contributed by atoms with Crippen LogP contribution in [0.4, 0.5) is 5.82 Å². The van der Waals surface area contributed by atoms with Crippen LogP contribution in [0, 0.1) is 6.92 Å². The Balaban J connectivity index is 1.80. The molecule has 0 aliphatic carbocycles. The summed E-state index contributed by atoms with van der Waals surface area (Å²) in [7, 11) is 0. The van der Waals surface area contributed by atoms with Crippen LogP contribution in [0.15, 0.2) is 65.3 Å². The number of hydrogen-bond acceptors (Lipinski definition) is 2. The molecule has 0 unspecified atom stereocenters. The molecule has 1 N–H and O–H groups in total. The number of anilines is 1. The highest BCUT2D eigenvalue weighted by Gasteiger charge is 2.11. The molecule has 1 heterocycles. The van der Waals surface area contributed by atoms with Gasteiger partial charge in [-0.05, 0) is 52.7 Å². The SMILES string of the molecule is Cc1cccc(-n2ccc(NC(=O)c3ccccc3Br)n2)c1. The second-order valence-corrected chi connectivity index (χ2v) is 5.77. The van der Waals surface area contributed by atoms with Crippen molar-refractivity contribution in [2.24, 2.45) is 0 Å². The molecule has 22 heavy (non-hydrogen) atoms. The lowest BCUT2D eigenvalue weighted by Gasteiger charge is -2.05. The molecule has 0 aliphatic heterocycles. The van der Waals surface area contributed by atoms with Crippen LogP contribution in [-0.2, 0) is 0 Å². The lowest BCUT2D eigenvalue weighted by Crippen LogP contribution is -2.13. The third kappa shape index (κ3) is 3.09. The molecule has 1 aromatic heterocycles. The molecular formula is C17H14BrN3O. The second-order valence-electron chi connectivity index (χ2n) is 4.92. The van der Waals surface area contributed by atoms with Crippen molar-refractivity contribution in [3.8, 4) is 5.69 Å². The van der Waals surface area contributed by atoms with E-state index >= 15 is 0 Å². The van der Waals surface area contributed by atoms with Gasteiger partial charge in [-0.3, -0.25) is 4.79 Å². The smallest absolute Gasteiger partial charge is 0.258 e. The molecule has 0 bridgehead atoms. The molecule has 4 nitrogen and oxygen atoms in total. The first-order chi connectivity index (χ1) is 10.6. The number of amides is 1. The minimum atomic E-state index is -0.193. The summed E-state index contributed by atoms with van der Waals surface area (Å²) < 4.78 is 2.49. The number of aryl methyl sites for hydroxylation is 1. The zero-order valence-electron chi connectivity index (χ0n) is 12.0. The summed E-state index contributed by atoms with van der Waals surface area (Å²) in [6, 6.07) is 17.1. The van der Waals surface area contributed by atoms with Gasteiger partial charge in [0.2, 0.25) is 0 Å². The largest absolute Gasteiger partial charge is 0.305 e. The Kier molecular flexibility index (Phi) is 4.06. The van der Waals surface area contributed by atoms with Crippen molar-refractivity contribution in [1.82, 2.24) is 9.78 Å². The van der Waals surface area contributed by atoms with Crippen LogP contribution in [0.1, 0.15) is 15.9 Å². The number of aromatic nitrogens is 2. The molecular weight excluding hydrogens is 342 g/mol. The lowest BCUT2D eigenvalue weighted by molar-refractivity contribution is 0.102. The standard InChI is InChI=1S/C17H14BrN3O/c1-12-5-4-6-13(11-12)21-10-9-16(20-21)19-17(22)14-7-2-3-8-15(14)18/h2-11H,1H3,(H,19,20,22). The molecule has 0 fully saturated rings. The summed E-state index contributed by atoms with van der Waals surface area (Å²) in [5.74, 6) is 0.323. The van der Waals surface area contributed by atoms with E-state index in [9.17, 15) is 4.79 Å². The topological polar surface area (TPSA) is 46.9 Å². The molecule has 3 rings (SSSR count). The van der Waals surface area contributed by atoms with Gasteiger partial charge < -0.3 is 5.32 Å². The summed E-state index contributed by atoms with van der Waals surface area (Å²) in [4.78, 5) is 12.2. The van der Waals surface area contributed by atoms with Gasteiger partial charge in [0, 0.05) is 16.7 Å². The Morgan fingerprint density at radius 1 is 1.14 bits per heavy atom. The predicted molar refractivity (Wildman–Crippen MR) is 90.4 cm³/mol. The molecule has 0 radical (unpaired) electrons. The van der Waals surface area contributed by atoms with Crippen LogP contribution in [0.5, 0.6) is 0 Å². The number of carbonyl (C=O) groups excluding carboxylic acids is 1. The molecule has 1 amide bonds. The number of hydrogen-bond donors (Lipinski definition) is 1. The summed E-state index contributed by atoms with van der Waals surface area (Å²) in [5, 5.41) is 7.19. The summed E-state index contributed by atoms with van der Waals surface area (Å²) in [5.41, 5.74) is 2.70. The van der Waals surface area contributed by atoms with Crippen molar-refractivity contribution in [2.75, 3.05) is 5.32 Å². The fourth-order valence-corrected chi connectivity index (χ4v) is 2.60. The molecule has 5 heteroatoms. The summed E-state index contributed by atoms with van der Waals surface area (Å²) >= 11 is 3.37. The van der Waals surface area contributed by atoms with Crippen LogP contribution in [0.3, 0.4) is 0 Å². The second kappa shape index (κ2) is 6.15. The van der Waals surface area contributed by atoms with Gasteiger partial charge in [-0.25, -0.2) is 4.68 Å². The number of nitrogens with zero attached hydrogens (tertiary/aromatic N) is 2. The van der Waals surface area contributed by atoms with Crippen molar-refractivity contribution < 1.29 is 4.79 Å². The van der Waals surface area contributed by atoms with Crippen LogP contribution in [0.2, 0.25) is 0 Å². The average molecular weight is 356 g/mol. The van der Waals surface area contributed by atoms with Gasteiger partial charge in [0.1, 0.15) is 0 Å². The molecule has 0 spiro atoms. The van der Waals surface area contributed by atoms with E-state index in [1.807, 2.05) is 55.6 Å². The van der Waals surface area contributed by atoms with Gasteiger partial charge in [-0.2, -0.15) is 5.10 Å². The van der Waals surface area contributed by atoms with E-state index in [0.29, 0.717) is 11.4 Å². The maximum Gasteiger partial charge on any atom is 0.258 e. The van der Waals surface area contributed by atoms with E-state index in [1.54, 1.807) is 16.8 Å². The average Bonchev–Trinajstić information content (AvgIpc) is 2.96. The zero-order chi connectivity index (χ0) is 15.5. The third-order valence-corrected chi connectivity index (χ3v) is 3.91. The summed E-state index contributed by atoms with van der Waals surface area (Å²) in [6.07, 6.45) is 1.82. The van der Waals surface area contributed by atoms with E-state index in [2.05, 4.69) is 26.3 Å². The Morgan fingerprint density at radius 2 is 1.95 bits per heavy atom. The molecule has 0 saturated heterocycles. The molecule has 3 aromatic rings. The van der Waals surface area contributed by atoms with Crippen LogP contribution >= 0.6 is 15.9 Å². The highest BCUT2D eigenvalue weighted by Crippen LogP contribution is 2.18. The van der Waals surface area contributed by atoms with E-state index in [-0.39, 0.29) is 5.91 Å². The molecule has 2 aromatic carbocycles. The quantitative estimate of drug-likeness (QED) is 0.765. The van der Waals surface area contributed by atoms with Crippen LogP contribution in [-0.4, -0.2) is 15.7 Å². The highest BCUT2D eigenvalue weighted by molar-refractivity contribution is 9.10. The van der Waals surface area contributed by atoms with Gasteiger partial charge in [0.05, 0.1) is 11.3 Å². The van der Waals surface area contributed by atoms with Crippen LogP contribution in [0.25, 0.3) is 5.69 Å². The van der Waals surface area contributed by atoms with Gasteiger partial charge in [-0.1, -0.05) is 24.3 Å². The number of rotatable bonds is 3. The lowest BCUT2D eigenvalue weighted by atomic mass is 10.2. The van der Waals surface area contributed by atoms with Gasteiger partial charge in [-0.15, -0.1) is 0 Å². The van der Waals surface area contributed by atoms with Crippen molar-refractivity contribution in [2.45, 2.75) is 6.92 Å². The van der Waals surface area contributed by atoms with Gasteiger partial charge >= 0.3 is 0 Å². The van der Waals surface area contributed by atoms with Crippen molar-refractivity contribution in [3.63, 3.8) is 0 Å². The Hall–Kier alpha value is -2.40. The molecule has 110 valence electrons. The fraction of sp³-hybridized carbons (Fsp3) is 0.0588. The van der Waals surface area contributed by atoms with E-state index < -0.39 is 0 Å². The fourth-order valence-electron chi connectivity index (χ4n) is 2.13. The van der Waals surface area contributed by atoms with Crippen molar-refractivity contribution >= 4 is 27.7 Å². The monoisotopic (exact) mass is 355 g/mol. The Morgan fingerprint density at radius 3 is 2.73 bits per heavy atom. The summed E-state index contributed by atoms with van der Waals surface area (Å²) in [6.45, 7) is 2.03. The minimum Gasteiger partial charge on any atom is -0.305 e. The number of nitrogens with one attached hydrogen (secondary N) is 1. The normalized spacial score (nSPS) is 10.5. The maximum atomic E-state index is 12.2. The van der Waals surface area contributed by atoms with Gasteiger partial charge in [0.15, 0.2) is 5.82 Å². The first-order valence-electron chi connectivity index (χ1n) is 6.82. The molecule has 0 atom stereocenters. The number of benzene rings is 2. The third-order valence-electron chi connectivity index (χ3n) is 3.22. The maximum absolute atomic E-state index is 12.2. The number of halogens is 1. The van der Waals surface area contributed by atoms with E-state index in [0.717, 1.165) is 15.7 Å². The number of carbonyl (C=O) groups is 1. The zero-order valence-corrected chi connectivity index (χ0v) is 13.5. The van der Waals surface area contributed by atoms with E-state index in [4.69, 9.17) is 0 Å². The molecule has 0 aliphatic rings. The van der Waals surface area contributed by atoms with E-state index in [1.165, 1.54) is 0 Å². The van der Waals surface area contributed by atoms with Gasteiger partial charge in [0.25, 0.3) is 5.91 Å². The van der Waals surface area contributed by atoms with Crippen LogP contribution < -0.4 is 5.32 Å². The van der Waals surface area contributed by atoms with Crippen molar-refractivity contribution in [3.05, 3.63) is 76.4 Å². The minimum absolute atomic E-state index is 0.193. The first kappa shape index (κ1) is 14.5. The Labute approximate surface area is 136 Å². The highest BCUT2D eigenvalue weighted by atomic mass is 79.9. The predicted octanol–water partition coefficient (Wildman–Crippen LogP) is 4.20.